The molecule has 0 bridgehead atoms. The van der Waals surface area contributed by atoms with Crippen LogP contribution in [0.1, 0.15) is 17.0 Å². The first kappa shape index (κ1) is 17.3. The molecular weight excluding hydrogens is 368 g/mol. The van der Waals surface area contributed by atoms with Crippen molar-refractivity contribution in [1.29, 1.82) is 0 Å². The van der Waals surface area contributed by atoms with Crippen molar-refractivity contribution < 1.29 is 0 Å². The smallest absolute Gasteiger partial charge is 0.258 e. The molecule has 0 atom stereocenters. The molecule has 5 rings (SSSR count). The minimum Gasteiger partial charge on any atom is -0.302 e. The van der Waals surface area contributed by atoms with Crippen LogP contribution in [0.25, 0.3) is 32.7 Å². The molecular formula is C22H20N4OS. The van der Waals surface area contributed by atoms with Gasteiger partial charge in [-0.2, -0.15) is 0 Å². The van der Waals surface area contributed by atoms with Gasteiger partial charge < -0.3 is 4.90 Å². The van der Waals surface area contributed by atoms with Crippen LogP contribution in [0.15, 0.2) is 53.5 Å². The van der Waals surface area contributed by atoms with Crippen molar-refractivity contribution >= 4 is 32.8 Å². The Morgan fingerprint density at radius 2 is 1.93 bits per heavy atom. The van der Waals surface area contributed by atoms with E-state index in [1.54, 1.807) is 21.8 Å². The summed E-state index contributed by atoms with van der Waals surface area (Å²) in [6.07, 6.45) is 5.15. The Morgan fingerprint density at radius 1 is 1.07 bits per heavy atom. The van der Waals surface area contributed by atoms with E-state index in [1.807, 2.05) is 31.3 Å². The number of aromatic nitrogens is 3. The third kappa shape index (κ3) is 3.04. The predicted octanol–water partition coefficient (Wildman–Crippen LogP) is 4.00. The summed E-state index contributed by atoms with van der Waals surface area (Å²) in [5.74, 6) is 0. The van der Waals surface area contributed by atoms with E-state index in [0.29, 0.717) is 11.3 Å². The SMILES string of the molecule is Cc1nc2ccc(-c3cc(=O)n4cc(C5=CCN(C)CC5)ccc4n3)cc2s1. The van der Waals surface area contributed by atoms with Crippen LogP contribution < -0.4 is 5.56 Å². The highest BCUT2D eigenvalue weighted by Crippen LogP contribution is 2.27. The predicted molar refractivity (Wildman–Crippen MR) is 115 cm³/mol. The zero-order chi connectivity index (χ0) is 19.3. The van der Waals surface area contributed by atoms with E-state index in [4.69, 9.17) is 4.98 Å². The molecule has 0 N–H and O–H groups in total. The van der Waals surface area contributed by atoms with Crippen LogP contribution in [0.3, 0.4) is 0 Å². The van der Waals surface area contributed by atoms with Crippen LogP contribution in [-0.2, 0) is 0 Å². The van der Waals surface area contributed by atoms with Crippen molar-refractivity contribution in [1.82, 2.24) is 19.3 Å². The van der Waals surface area contributed by atoms with E-state index < -0.39 is 0 Å². The summed E-state index contributed by atoms with van der Waals surface area (Å²) in [6.45, 7) is 3.98. The molecule has 1 aromatic carbocycles. The van der Waals surface area contributed by atoms with Gasteiger partial charge in [-0.25, -0.2) is 9.97 Å². The van der Waals surface area contributed by atoms with E-state index in [9.17, 15) is 4.79 Å². The molecule has 5 nitrogen and oxygen atoms in total. The van der Waals surface area contributed by atoms with Crippen molar-refractivity contribution in [2.45, 2.75) is 13.3 Å². The number of hydrogen-bond acceptors (Lipinski definition) is 5. The summed E-state index contributed by atoms with van der Waals surface area (Å²) in [6, 6.07) is 11.7. The standard InChI is InChI=1S/C22H20N4OS/c1-14-23-18-5-3-16(11-20(18)28-14)19-12-22(27)26-13-17(4-6-21(26)24-19)15-7-9-25(2)10-8-15/h3-7,11-13H,8-10H2,1-2H3. The highest BCUT2D eigenvalue weighted by Gasteiger charge is 2.12. The minimum atomic E-state index is -0.0593. The quantitative estimate of drug-likeness (QED) is 0.521. The molecule has 4 heterocycles. The highest BCUT2D eigenvalue weighted by atomic mass is 32.1. The van der Waals surface area contributed by atoms with E-state index in [1.165, 1.54) is 5.57 Å². The molecule has 1 aliphatic rings. The molecule has 4 aromatic rings. The fraction of sp³-hybridized carbons (Fsp3) is 0.227. The second-order valence-corrected chi connectivity index (χ2v) is 8.52. The summed E-state index contributed by atoms with van der Waals surface area (Å²) in [5, 5.41) is 1.04. The topological polar surface area (TPSA) is 50.5 Å². The maximum Gasteiger partial charge on any atom is 0.258 e. The van der Waals surface area contributed by atoms with Gasteiger partial charge in [0.15, 0.2) is 0 Å². The van der Waals surface area contributed by atoms with E-state index in [0.717, 1.165) is 45.9 Å². The van der Waals surface area contributed by atoms with Crippen LogP contribution in [0.2, 0.25) is 0 Å². The third-order valence-corrected chi connectivity index (χ3v) is 6.17. The molecule has 0 saturated heterocycles. The monoisotopic (exact) mass is 388 g/mol. The molecule has 28 heavy (non-hydrogen) atoms. The lowest BCUT2D eigenvalue weighted by atomic mass is 10.0. The van der Waals surface area contributed by atoms with Crippen molar-refractivity contribution in [2.75, 3.05) is 20.1 Å². The normalized spacial score (nSPS) is 15.3. The Kier molecular flexibility index (Phi) is 4.10. The molecule has 0 amide bonds. The van der Waals surface area contributed by atoms with Crippen LogP contribution in [-0.4, -0.2) is 39.4 Å². The van der Waals surface area contributed by atoms with Crippen molar-refractivity contribution in [3.8, 4) is 11.3 Å². The second kappa shape index (κ2) is 6.65. The van der Waals surface area contributed by atoms with E-state index in [2.05, 4.69) is 35.1 Å². The highest BCUT2D eigenvalue weighted by molar-refractivity contribution is 7.18. The maximum absolute atomic E-state index is 12.8. The summed E-state index contributed by atoms with van der Waals surface area (Å²) < 4.78 is 2.76. The van der Waals surface area contributed by atoms with Gasteiger partial charge in [-0.3, -0.25) is 9.20 Å². The number of nitrogens with zero attached hydrogens (tertiary/aromatic N) is 4. The van der Waals surface area contributed by atoms with Gasteiger partial charge in [0.05, 0.1) is 20.9 Å². The third-order valence-electron chi connectivity index (χ3n) is 5.23. The van der Waals surface area contributed by atoms with Gasteiger partial charge in [-0.1, -0.05) is 12.1 Å². The summed E-state index contributed by atoms with van der Waals surface area (Å²) in [5.41, 5.74) is 5.62. The van der Waals surface area contributed by atoms with Gasteiger partial charge >= 0.3 is 0 Å². The van der Waals surface area contributed by atoms with Gasteiger partial charge in [0.1, 0.15) is 5.65 Å². The molecule has 0 unspecified atom stereocenters. The number of fused-ring (bicyclic) bond motifs is 2. The van der Waals surface area contributed by atoms with Crippen molar-refractivity contribution in [3.05, 3.63) is 69.6 Å². The van der Waals surface area contributed by atoms with E-state index in [-0.39, 0.29) is 5.56 Å². The van der Waals surface area contributed by atoms with Crippen LogP contribution >= 0.6 is 11.3 Å². The van der Waals surface area contributed by atoms with Crippen molar-refractivity contribution in [2.24, 2.45) is 0 Å². The Hall–Kier alpha value is -2.83. The fourth-order valence-corrected chi connectivity index (χ4v) is 4.54. The van der Waals surface area contributed by atoms with E-state index >= 15 is 0 Å². The Morgan fingerprint density at radius 3 is 2.75 bits per heavy atom. The fourth-order valence-electron chi connectivity index (χ4n) is 3.67. The molecule has 6 heteroatoms. The van der Waals surface area contributed by atoms with Gasteiger partial charge in [0.25, 0.3) is 5.56 Å². The molecule has 3 aromatic heterocycles. The number of rotatable bonds is 2. The Labute approximate surface area is 166 Å². The number of pyridine rings is 1. The van der Waals surface area contributed by atoms with Gasteiger partial charge in [0.2, 0.25) is 0 Å². The largest absolute Gasteiger partial charge is 0.302 e. The molecule has 0 spiro atoms. The lowest BCUT2D eigenvalue weighted by molar-refractivity contribution is 0.370. The van der Waals surface area contributed by atoms with Gasteiger partial charge in [-0.05, 0) is 55.8 Å². The second-order valence-electron chi connectivity index (χ2n) is 7.28. The molecule has 0 fully saturated rings. The molecule has 0 aliphatic carbocycles. The van der Waals surface area contributed by atoms with Crippen LogP contribution in [0, 0.1) is 6.92 Å². The molecule has 0 radical (unpaired) electrons. The summed E-state index contributed by atoms with van der Waals surface area (Å²) >= 11 is 1.65. The zero-order valence-electron chi connectivity index (χ0n) is 15.8. The summed E-state index contributed by atoms with van der Waals surface area (Å²) in [4.78, 5) is 24.3. The Balaban J connectivity index is 1.58. The first-order valence-electron chi connectivity index (χ1n) is 9.36. The molecule has 140 valence electrons. The lowest BCUT2D eigenvalue weighted by Gasteiger charge is -2.22. The minimum absolute atomic E-state index is 0.0593. The average molecular weight is 388 g/mol. The number of benzene rings is 1. The first-order valence-corrected chi connectivity index (χ1v) is 10.2. The number of thiazole rings is 1. The van der Waals surface area contributed by atoms with Gasteiger partial charge in [0, 0.05) is 30.9 Å². The zero-order valence-corrected chi connectivity index (χ0v) is 16.7. The van der Waals surface area contributed by atoms with Crippen LogP contribution in [0.4, 0.5) is 0 Å². The molecule has 0 saturated carbocycles. The number of hydrogen-bond donors (Lipinski definition) is 0. The first-order chi connectivity index (χ1) is 13.6. The Bertz CT molecular complexity index is 1300. The average Bonchev–Trinajstić information content (AvgIpc) is 3.07. The maximum atomic E-state index is 12.8. The van der Waals surface area contributed by atoms with Gasteiger partial charge in [-0.15, -0.1) is 11.3 Å². The number of likely N-dealkylation sites (N-methyl/N-ethyl adjacent to an activating group) is 1. The van der Waals surface area contributed by atoms with Crippen molar-refractivity contribution in [3.63, 3.8) is 0 Å². The number of aryl methyl sites for hydroxylation is 1. The lowest BCUT2D eigenvalue weighted by Crippen LogP contribution is -2.24. The van der Waals surface area contributed by atoms with Crippen LogP contribution in [0.5, 0.6) is 0 Å². The molecule has 1 aliphatic heterocycles. The summed E-state index contributed by atoms with van der Waals surface area (Å²) in [7, 11) is 2.12.